The second-order valence-electron chi connectivity index (χ2n) is 5.78. The largest absolute Gasteiger partial charge is 0.383 e. The number of ether oxygens (including phenoxy) is 1. The molecule has 2 amide bonds. The van der Waals surface area contributed by atoms with E-state index in [0.29, 0.717) is 26.0 Å². The molecule has 1 atom stereocenters. The average Bonchev–Trinajstić information content (AvgIpc) is 2.80. The van der Waals surface area contributed by atoms with Crippen molar-refractivity contribution in [3.8, 4) is 0 Å². The first-order valence-corrected chi connectivity index (χ1v) is 7.78. The number of rotatable bonds is 5. The van der Waals surface area contributed by atoms with Crippen LogP contribution in [0.1, 0.15) is 44.9 Å². The van der Waals surface area contributed by atoms with Gasteiger partial charge in [0, 0.05) is 39.6 Å². The quantitative estimate of drug-likeness (QED) is 0.766. The van der Waals surface area contributed by atoms with E-state index in [1.54, 1.807) is 7.11 Å². The molecule has 0 aliphatic carbocycles. The summed E-state index contributed by atoms with van der Waals surface area (Å²) in [6, 6.07) is 0.229. The van der Waals surface area contributed by atoms with Gasteiger partial charge >= 0.3 is 0 Å². The van der Waals surface area contributed by atoms with Crippen LogP contribution >= 0.6 is 0 Å². The van der Waals surface area contributed by atoms with Gasteiger partial charge in [0.15, 0.2) is 0 Å². The first-order valence-electron chi connectivity index (χ1n) is 7.78. The molecule has 2 saturated heterocycles. The highest BCUT2D eigenvalue weighted by Crippen LogP contribution is 2.19. The van der Waals surface area contributed by atoms with E-state index in [1.807, 2.05) is 9.80 Å². The van der Waals surface area contributed by atoms with Crippen molar-refractivity contribution in [3.63, 3.8) is 0 Å². The summed E-state index contributed by atoms with van der Waals surface area (Å²) in [5, 5.41) is 0. The zero-order chi connectivity index (χ0) is 14.4. The third-order valence-corrected chi connectivity index (χ3v) is 4.32. The SMILES string of the molecule is COC[C@@H]1CCCN1C(=O)CCN1CCCCCC1=O. The fourth-order valence-electron chi connectivity index (χ4n) is 3.18. The van der Waals surface area contributed by atoms with Crippen molar-refractivity contribution in [2.75, 3.05) is 33.4 Å². The van der Waals surface area contributed by atoms with Crippen LogP contribution < -0.4 is 0 Å². The van der Waals surface area contributed by atoms with Crippen LogP contribution in [0.5, 0.6) is 0 Å². The molecule has 2 heterocycles. The lowest BCUT2D eigenvalue weighted by molar-refractivity contribution is -0.135. The minimum atomic E-state index is 0.168. The summed E-state index contributed by atoms with van der Waals surface area (Å²) in [7, 11) is 1.68. The molecule has 0 radical (unpaired) electrons. The first kappa shape index (κ1) is 15.3. The molecule has 0 aromatic carbocycles. The van der Waals surface area contributed by atoms with Gasteiger partial charge in [0.2, 0.25) is 11.8 Å². The summed E-state index contributed by atoms with van der Waals surface area (Å²) in [5.41, 5.74) is 0. The van der Waals surface area contributed by atoms with Gasteiger partial charge in [0.1, 0.15) is 0 Å². The number of hydrogen-bond acceptors (Lipinski definition) is 3. The van der Waals surface area contributed by atoms with Crippen LogP contribution in [0.15, 0.2) is 0 Å². The van der Waals surface area contributed by atoms with Gasteiger partial charge in [0.05, 0.1) is 12.6 Å². The third-order valence-electron chi connectivity index (χ3n) is 4.32. The molecule has 0 bridgehead atoms. The minimum absolute atomic E-state index is 0.168. The van der Waals surface area contributed by atoms with Gasteiger partial charge in [0.25, 0.3) is 0 Å². The van der Waals surface area contributed by atoms with Crippen LogP contribution in [0, 0.1) is 0 Å². The molecular weight excluding hydrogens is 256 g/mol. The van der Waals surface area contributed by atoms with Crippen LogP contribution in [-0.4, -0.2) is 61.0 Å². The van der Waals surface area contributed by atoms with Crippen molar-refractivity contribution in [3.05, 3.63) is 0 Å². The predicted molar refractivity (Wildman–Crippen MR) is 76.3 cm³/mol. The van der Waals surface area contributed by atoms with E-state index in [9.17, 15) is 9.59 Å². The summed E-state index contributed by atoms with van der Waals surface area (Å²) in [6.45, 7) is 2.84. The van der Waals surface area contributed by atoms with E-state index in [2.05, 4.69) is 0 Å². The van der Waals surface area contributed by atoms with Crippen molar-refractivity contribution in [1.29, 1.82) is 0 Å². The minimum Gasteiger partial charge on any atom is -0.383 e. The highest BCUT2D eigenvalue weighted by molar-refractivity contribution is 5.79. The van der Waals surface area contributed by atoms with E-state index in [0.717, 1.165) is 45.2 Å². The van der Waals surface area contributed by atoms with E-state index < -0.39 is 0 Å². The molecule has 2 fully saturated rings. The highest BCUT2D eigenvalue weighted by atomic mass is 16.5. The van der Waals surface area contributed by atoms with Crippen molar-refractivity contribution >= 4 is 11.8 Å². The molecule has 0 unspecified atom stereocenters. The van der Waals surface area contributed by atoms with Gasteiger partial charge < -0.3 is 14.5 Å². The third kappa shape index (κ3) is 3.95. The molecule has 5 nitrogen and oxygen atoms in total. The lowest BCUT2D eigenvalue weighted by atomic mass is 10.2. The number of carbonyl (C=O) groups excluding carboxylic acids is 2. The van der Waals surface area contributed by atoms with Crippen LogP contribution in [0.2, 0.25) is 0 Å². The molecule has 0 spiro atoms. The van der Waals surface area contributed by atoms with Crippen LogP contribution in [0.4, 0.5) is 0 Å². The first-order chi connectivity index (χ1) is 9.72. The molecule has 5 heteroatoms. The van der Waals surface area contributed by atoms with Gasteiger partial charge in [-0.1, -0.05) is 6.42 Å². The van der Waals surface area contributed by atoms with Gasteiger partial charge in [-0.2, -0.15) is 0 Å². The van der Waals surface area contributed by atoms with Gasteiger partial charge in [-0.15, -0.1) is 0 Å². The molecule has 2 aliphatic heterocycles. The zero-order valence-electron chi connectivity index (χ0n) is 12.5. The fraction of sp³-hybridized carbons (Fsp3) is 0.867. The molecule has 0 aromatic heterocycles. The Bertz CT molecular complexity index is 346. The predicted octanol–water partition coefficient (Wildman–Crippen LogP) is 1.42. The van der Waals surface area contributed by atoms with Crippen molar-refractivity contribution in [2.45, 2.75) is 51.0 Å². The molecule has 0 aromatic rings. The topological polar surface area (TPSA) is 49.9 Å². The van der Waals surface area contributed by atoms with Crippen LogP contribution in [0.25, 0.3) is 0 Å². The maximum atomic E-state index is 12.3. The molecule has 2 aliphatic rings. The zero-order valence-corrected chi connectivity index (χ0v) is 12.5. The number of carbonyl (C=O) groups is 2. The Kier molecular flexibility index (Phi) is 5.83. The Balaban J connectivity index is 1.80. The molecule has 20 heavy (non-hydrogen) atoms. The number of methoxy groups -OCH3 is 1. The van der Waals surface area contributed by atoms with Gasteiger partial charge in [-0.25, -0.2) is 0 Å². The number of amides is 2. The van der Waals surface area contributed by atoms with E-state index in [-0.39, 0.29) is 17.9 Å². The number of hydrogen-bond donors (Lipinski definition) is 0. The summed E-state index contributed by atoms with van der Waals surface area (Å²) >= 11 is 0. The Labute approximate surface area is 121 Å². The Morgan fingerprint density at radius 1 is 1.25 bits per heavy atom. The molecule has 0 saturated carbocycles. The smallest absolute Gasteiger partial charge is 0.224 e. The summed E-state index contributed by atoms with van der Waals surface area (Å²) < 4.78 is 5.18. The Hall–Kier alpha value is -1.10. The van der Waals surface area contributed by atoms with Crippen LogP contribution in [0.3, 0.4) is 0 Å². The van der Waals surface area contributed by atoms with Gasteiger partial charge in [-0.3, -0.25) is 9.59 Å². The second kappa shape index (κ2) is 7.62. The molecule has 0 N–H and O–H groups in total. The maximum absolute atomic E-state index is 12.3. The maximum Gasteiger partial charge on any atom is 0.224 e. The lowest BCUT2D eigenvalue weighted by Gasteiger charge is -2.26. The summed E-state index contributed by atoms with van der Waals surface area (Å²) in [4.78, 5) is 28.0. The van der Waals surface area contributed by atoms with E-state index in [1.165, 1.54) is 0 Å². The normalized spacial score (nSPS) is 24.1. The monoisotopic (exact) mass is 282 g/mol. The van der Waals surface area contributed by atoms with Crippen molar-refractivity contribution in [2.24, 2.45) is 0 Å². The van der Waals surface area contributed by atoms with Crippen molar-refractivity contribution in [1.82, 2.24) is 9.80 Å². The van der Waals surface area contributed by atoms with Crippen LogP contribution in [-0.2, 0) is 14.3 Å². The summed E-state index contributed by atoms with van der Waals surface area (Å²) in [5.74, 6) is 0.381. The standard InChI is InChI=1S/C15H26N2O3/c1-20-12-13-6-5-10-17(13)15(19)8-11-16-9-4-2-3-7-14(16)18/h13H,2-12H2,1H3/t13-/m0/s1. The Morgan fingerprint density at radius 2 is 2.10 bits per heavy atom. The van der Waals surface area contributed by atoms with E-state index >= 15 is 0 Å². The molecular formula is C15H26N2O3. The number of likely N-dealkylation sites (tertiary alicyclic amines) is 2. The van der Waals surface area contributed by atoms with Gasteiger partial charge in [-0.05, 0) is 25.7 Å². The average molecular weight is 282 g/mol. The summed E-state index contributed by atoms with van der Waals surface area (Å²) in [6.07, 6.45) is 6.36. The van der Waals surface area contributed by atoms with Crippen molar-refractivity contribution < 1.29 is 14.3 Å². The Morgan fingerprint density at radius 3 is 2.90 bits per heavy atom. The lowest BCUT2D eigenvalue weighted by Crippen LogP contribution is -2.40. The molecule has 2 rings (SSSR count). The molecule has 114 valence electrons. The highest BCUT2D eigenvalue weighted by Gasteiger charge is 2.28. The van der Waals surface area contributed by atoms with E-state index in [4.69, 9.17) is 4.74 Å². The fourth-order valence-corrected chi connectivity index (χ4v) is 3.18. The number of nitrogens with zero attached hydrogens (tertiary/aromatic N) is 2. The second-order valence-corrected chi connectivity index (χ2v) is 5.78.